The minimum Gasteiger partial charge on any atom is -0.347 e. The normalized spacial score (nSPS) is 17.0. The fourth-order valence-electron chi connectivity index (χ4n) is 3.58. The zero-order valence-electron chi connectivity index (χ0n) is 14.5. The quantitative estimate of drug-likeness (QED) is 0.691. The lowest BCUT2D eigenvalue weighted by Crippen LogP contribution is -2.42. The van der Waals surface area contributed by atoms with E-state index >= 15 is 0 Å². The van der Waals surface area contributed by atoms with E-state index in [9.17, 15) is 14.9 Å². The zero-order valence-corrected chi connectivity index (χ0v) is 15.3. The molecule has 0 unspecified atom stereocenters. The molecule has 0 N–H and O–H groups in total. The van der Waals surface area contributed by atoms with Crippen LogP contribution >= 0.6 is 11.3 Å². The maximum absolute atomic E-state index is 12.4. The van der Waals surface area contributed by atoms with Crippen LogP contribution in [0.4, 0.5) is 5.82 Å². The van der Waals surface area contributed by atoms with Gasteiger partial charge in [-0.05, 0) is 25.0 Å². The standard InChI is InChI=1S/C18H17N5O2S/c1-21-16(11(10-19)17(24)22(2)18(21)25)23-9-5-7-13(23)15-20-12-6-3-4-8-14(12)26-15/h3-4,6,8,13H,5,7,9H2,1-2H3/t13-/m0/s1. The Balaban J connectivity index is 1.89. The van der Waals surface area contributed by atoms with E-state index in [1.807, 2.05) is 35.2 Å². The Hall–Kier alpha value is -2.92. The summed E-state index contributed by atoms with van der Waals surface area (Å²) in [5, 5.41) is 10.5. The Morgan fingerprint density at radius 1 is 1.23 bits per heavy atom. The van der Waals surface area contributed by atoms with Crippen molar-refractivity contribution in [3.63, 3.8) is 0 Å². The van der Waals surface area contributed by atoms with E-state index in [4.69, 9.17) is 4.98 Å². The molecule has 1 fully saturated rings. The molecule has 0 radical (unpaired) electrons. The average molecular weight is 367 g/mol. The molecule has 0 amide bonds. The fourth-order valence-corrected chi connectivity index (χ4v) is 4.69. The molecule has 8 heteroatoms. The highest BCUT2D eigenvalue weighted by atomic mass is 32.1. The van der Waals surface area contributed by atoms with Crippen LogP contribution in [0.5, 0.6) is 0 Å². The van der Waals surface area contributed by atoms with Gasteiger partial charge in [0, 0.05) is 20.6 Å². The van der Waals surface area contributed by atoms with E-state index < -0.39 is 11.2 Å². The molecule has 1 atom stereocenters. The number of nitriles is 1. The fraction of sp³-hybridized carbons (Fsp3) is 0.333. The van der Waals surface area contributed by atoms with Gasteiger partial charge in [-0.3, -0.25) is 13.9 Å². The first-order chi connectivity index (χ1) is 12.5. The Kier molecular flexibility index (Phi) is 3.89. The molecule has 0 saturated carbocycles. The number of fused-ring (bicyclic) bond motifs is 1. The van der Waals surface area contributed by atoms with Crippen molar-refractivity contribution in [3.8, 4) is 6.07 Å². The van der Waals surface area contributed by atoms with Crippen LogP contribution in [-0.2, 0) is 14.1 Å². The van der Waals surface area contributed by atoms with E-state index in [1.54, 1.807) is 18.4 Å². The molecule has 3 heterocycles. The minimum atomic E-state index is -0.555. The van der Waals surface area contributed by atoms with E-state index in [0.717, 1.165) is 32.6 Å². The molecule has 0 aliphatic carbocycles. The van der Waals surface area contributed by atoms with Crippen molar-refractivity contribution in [2.45, 2.75) is 18.9 Å². The first-order valence-corrected chi connectivity index (χ1v) is 9.16. The number of aromatic nitrogens is 3. The molecule has 3 aromatic rings. The summed E-state index contributed by atoms with van der Waals surface area (Å²) in [7, 11) is 3.00. The molecule has 0 spiro atoms. The van der Waals surface area contributed by atoms with Crippen LogP contribution < -0.4 is 16.1 Å². The van der Waals surface area contributed by atoms with Crippen molar-refractivity contribution in [2.24, 2.45) is 14.1 Å². The van der Waals surface area contributed by atoms with Gasteiger partial charge in [0.05, 0.1) is 16.3 Å². The monoisotopic (exact) mass is 367 g/mol. The number of para-hydroxylation sites is 1. The average Bonchev–Trinajstić information content (AvgIpc) is 3.28. The Morgan fingerprint density at radius 2 is 2.00 bits per heavy atom. The third kappa shape index (κ3) is 2.35. The SMILES string of the molecule is Cn1c(N2CCC[C@H]2c2nc3ccccc3s2)c(C#N)c(=O)n(C)c1=O. The predicted molar refractivity (Wildman–Crippen MR) is 101 cm³/mol. The van der Waals surface area contributed by atoms with E-state index in [-0.39, 0.29) is 11.6 Å². The second kappa shape index (κ2) is 6.11. The molecule has 1 aromatic carbocycles. The van der Waals surface area contributed by atoms with Crippen molar-refractivity contribution >= 4 is 27.4 Å². The Morgan fingerprint density at radius 3 is 2.73 bits per heavy atom. The van der Waals surface area contributed by atoms with Crippen LogP contribution in [0, 0.1) is 11.3 Å². The van der Waals surface area contributed by atoms with Crippen LogP contribution in [0.15, 0.2) is 33.9 Å². The maximum Gasteiger partial charge on any atom is 0.332 e. The summed E-state index contributed by atoms with van der Waals surface area (Å²) in [4.78, 5) is 31.5. The molecule has 0 bridgehead atoms. The van der Waals surface area contributed by atoms with Crippen LogP contribution in [0.2, 0.25) is 0 Å². The lowest BCUT2D eigenvalue weighted by atomic mass is 10.2. The van der Waals surface area contributed by atoms with Crippen molar-refractivity contribution < 1.29 is 0 Å². The molecule has 132 valence electrons. The van der Waals surface area contributed by atoms with Crippen LogP contribution in [0.1, 0.15) is 29.5 Å². The van der Waals surface area contributed by atoms with Gasteiger partial charge in [-0.2, -0.15) is 5.26 Å². The smallest absolute Gasteiger partial charge is 0.332 e. The molecule has 2 aromatic heterocycles. The first kappa shape index (κ1) is 16.5. The van der Waals surface area contributed by atoms with Crippen molar-refractivity contribution in [1.29, 1.82) is 5.26 Å². The highest BCUT2D eigenvalue weighted by molar-refractivity contribution is 7.18. The zero-order chi connectivity index (χ0) is 18.4. The highest BCUT2D eigenvalue weighted by Gasteiger charge is 2.33. The first-order valence-electron chi connectivity index (χ1n) is 8.35. The van der Waals surface area contributed by atoms with Gasteiger partial charge >= 0.3 is 5.69 Å². The number of hydrogen-bond acceptors (Lipinski definition) is 6. The summed E-state index contributed by atoms with van der Waals surface area (Å²) in [5.41, 5.74) is -0.0418. The van der Waals surface area contributed by atoms with E-state index in [0.29, 0.717) is 12.4 Å². The molecule has 1 aliphatic rings. The van der Waals surface area contributed by atoms with Crippen LogP contribution in [0.3, 0.4) is 0 Å². The number of hydrogen-bond donors (Lipinski definition) is 0. The van der Waals surface area contributed by atoms with Gasteiger partial charge in [0.2, 0.25) is 0 Å². The van der Waals surface area contributed by atoms with Crippen LogP contribution in [-0.4, -0.2) is 20.7 Å². The molecule has 7 nitrogen and oxygen atoms in total. The summed E-state index contributed by atoms with van der Waals surface area (Å²) in [6, 6.07) is 9.90. The lowest BCUT2D eigenvalue weighted by molar-refractivity contribution is 0.637. The summed E-state index contributed by atoms with van der Waals surface area (Å²) < 4.78 is 3.48. The highest BCUT2D eigenvalue weighted by Crippen LogP contribution is 2.39. The topological polar surface area (TPSA) is 83.9 Å². The predicted octanol–water partition coefficient (Wildman–Crippen LogP) is 1.91. The van der Waals surface area contributed by atoms with Gasteiger partial charge in [-0.15, -0.1) is 11.3 Å². The molecule has 1 aliphatic heterocycles. The number of thiazole rings is 1. The Bertz CT molecular complexity index is 1130. The van der Waals surface area contributed by atoms with Gasteiger partial charge in [-0.25, -0.2) is 9.78 Å². The van der Waals surface area contributed by atoms with E-state index in [1.165, 1.54) is 11.6 Å². The third-order valence-corrected chi connectivity index (χ3v) is 6.00. The van der Waals surface area contributed by atoms with Gasteiger partial charge < -0.3 is 4.90 Å². The number of benzene rings is 1. The van der Waals surface area contributed by atoms with Crippen molar-refractivity contribution in [1.82, 2.24) is 14.1 Å². The van der Waals surface area contributed by atoms with Gasteiger partial charge in [0.15, 0.2) is 5.56 Å². The summed E-state index contributed by atoms with van der Waals surface area (Å²) in [6.07, 6.45) is 1.78. The second-order valence-corrected chi connectivity index (χ2v) is 7.45. The third-order valence-electron chi connectivity index (χ3n) is 4.87. The number of anilines is 1. The molecule has 26 heavy (non-hydrogen) atoms. The molecule has 1 saturated heterocycles. The van der Waals surface area contributed by atoms with E-state index in [2.05, 4.69) is 0 Å². The largest absolute Gasteiger partial charge is 0.347 e. The van der Waals surface area contributed by atoms with Gasteiger partial charge in [0.1, 0.15) is 16.9 Å². The maximum atomic E-state index is 12.4. The van der Waals surface area contributed by atoms with Gasteiger partial charge in [0.25, 0.3) is 5.56 Å². The number of nitrogens with zero attached hydrogens (tertiary/aromatic N) is 5. The number of rotatable bonds is 2. The van der Waals surface area contributed by atoms with Gasteiger partial charge in [-0.1, -0.05) is 12.1 Å². The summed E-state index contributed by atoms with van der Waals surface area (Å²) >= 11 is 1.62. The lowest BCUT2D eigenvalue weighted by Gasteiger charge is -2.27. The molecular weight excluding hydrogens is 350 g/mol. The summed E-state index contributed by atoms with van der Waals surface area (Å²) in [6.45, 7) is 0.676. The summed E-state index contributed by atoms with van der Waals surface area (Å²) in [5.74, 6) is 0.391. The molecular formula is C18H17N5O2S. The minimum absolute atomic E-state index is 0.00242. The van der Waals surface area contributed by atoms with Crippen LogP contribution in [0.25, 0.3) is 10.2 Å². The van der Waals surface area contributed by atoms with Crippen molar-refractivity contribution in [3.05, 3.63) is 55.7 Å². The molecule has 4 rings (SSSR count). The van der Waals surface area contributed by atoms with Crippen molar-refractivity contribution in [2.75, 3.05) is 11.4 Å². The Labute approximate surface area is 153 Å². The second-order valence-electron chi connectivity index (χ2n) is 6.39.